The van der Waals surface area contributed by atoms with Gasteiger partial charge in [0.15, 0.2) is 9.84 Å². The number of carbonyl (C=O) groups excluding carboxylic acids is 1. The van der Waals surface area contributed by atoms with Crippen molar-refractivity contribution in [1.29, 1.82) is 0 Å². The first-order chi connectivity index (χ1) is 9.76. The molecular weight excluding hydrogens is 354 g/mol. The van der Waals surface area contributed by atoms with Gasteiger partial charge in [-0.15, -0.1) is 0 Å². The van der Waals surface area contributed by atoms with Crippen LogP contribution in [0.5, 0.6) is 0 Å². The first-order valence-corrected chi connectivity index (χ1v) is 9.53. The Kier molecular flexibility index (Phi) is 6.87. The summed E-state index contributed by atoms with van der Waals surface area (Å²) in [7, 11) is -3.35. The molecule has 21 heavy (non-hydrogen) atoms. The van der Waals surface area contributed by atoms with E-state index in [1.54, 1.807) is 6.92 Å². The van der Waals surface area contributed by atoms with Crippen molar-refractivity contribution in [3.05, 3.63) is 34.3 Å². The predicted octanol–water partition coefficient (Wildman–Crippen LogP) is 2.71. The van der Waals surface area contributed by atoms with Crippen molar-refractivity contribution in [3.8, 4) is 0 Å². The van der Waals surface area contributed by atoms with E-state index < -0.39 is 21.0 Å². The number of halogens is 1. The molecule has 1 N–H and O–H groups in total. The van der Waals surface area contributed by atoms with Crippen molar-refractivity contribution in [2.75, 3.05) is 5.75 Å². The number of sulfone groups is 1. The predicted molar refractivity (Wildman–Crippen MR) is 89.0 cm³/mol. The zero-order chi connectivity index (χ0) is 16.0. The minimum absolute atomic E-state index is 0.0443. The van der Waals surface area contributed by atoms with Crippen LogP contribution in [-0.2, 0) is 21.1 Å². The van der Waals surface area contributed by atoms with E-state index in [9.17, 15) is 13.2 Å². The van der Waals surface area contributed by atoms with Crippen molar-refractivity contribution >= 4 is 31.7 Å². The van der Waals surface area contributed by atoms with E-state index in [1.807, 2.05) is 31.2 Å². The Morgan fingerprint density at radius 3 is 2.33 bits per heavy atom. The van der Waals surface area contributed by atoms with Crippen molar-refractivity contribution in [1.82, 2.24) is 5.32 Å². The number of hydrogen-bond acceptors (Lipinski definition) is 3. The molecule has 6 heteroatoms. The summed E-state index contributed by atoms with van der Waals surface area (Å²) >= 11 is 3.37. The van der Waals surface area contributed by atoms with Crippen LogP contribution in [0, 0.1) is 0 Å². The highest BCUT2D eigenvalue weighted by atomic mass is 79.9. The minimum atomic E-state index is -3.35. The molecule has 118 valence electrons. The van der Waals surface area contributed by atoms with Crippen molar-refractivity contribution in [2.45, 2.75) is 44.9 Å². The van der Waals surface area contributed by atoms with E-state index in [4.69, 9.17) is 0 Å². The van der Waals surface area contributed by atoms with E-state index in [2.05, 4.69) is 21.2 Å². The van der Waals surface area contributed by atoms with Crippen LogP contribution >= 0.6 is 15.9 Å². The molecule has 0 fully saturated rings. The summed E-state index contributed by atoms with van der Waals surface area (Å²) in [5.74, 6) is -0.379. The lowest BCUT2D eigenvalue weighted by Crippen LogP contribution is -2.43. The monoisotopic (exact) mass is 375 g/mol. The standard InChI is InChI=1S/C15H22BrNO3S/c1-4-9-21(19,20)12(3)15(18)17-11(2)10-13-5-7-14(16)8-6-13/h5-8,11-12H,4,9-10H2,1-3H3,(H,17,18)/t11-,12-/m0/s1. The quantitative estimate of drug-likeness (QED) is 0.796. The molecule has 0 heterocycles. The lowest BCUT2D eigenvalue weighted by atomic mass is 10.1. The molecule has 0 saturated carbocycles. The second-order valence-electron chi connectivity index (χ2n) is 5.25. The summed E-state index contributed by atoms with van der Waals surface area (Å²) in [4.78, 5) is 12.0. The number of rotatable bonds is 7. The lowest BCUT2D eigenvalue weighted by molar-refractivity contribution is -0.121. The van der Waals surface area contributed by atoms with E-state index in [0.717, 1.165) is 10.0 Å². The first-order valence-electron chi connectivity index (χ1n) is 7.02. The first kappa shape index (κ1) is 18.2. The fourth-order valence-corrected chi connectivity index (χ4v) is 3.59. The Morgan fingerprint density at radius 1 is 1.24 bits per heavy atom. The van der Waals surface area contributed by atoms with Gasteiger partial charge in [-0.3, -0.25) is 4.79 Å². The van der Waals surface area contributed by atoms with Gasteiger partial charge in [0.1, 0.15) is 5.25 Å². The number of benzene rings is 1. The second kappa shape index (κ2) is 7.94. The third-order valence-corrected chi connectivity index (χ3v) is 6.04. The topological polar surface area (TPSA) is 63.2 Å². The molecule has 1 aromatic rings. The third-order valence-electron chi connectivity index (χ3n) is 3.24. The molecule has 4 nitrogen and oxygen atoms in total. The van der Waals surface area contributed by atoms with Gasteiger partial charge in [0.05, 0.1) is 5.75 Å². The molecular formula is C15H22BrNO3S. The molecule has 0 aliphatic heterocycles. The normalized spacial score (nSPS) is 14.5. The molecule has 0 bridgehead atoms. The van der Waals surface area contributed by atoms with Gasteiger partial charge in [0.25, 0.3) is 0 Å². The van der Waals surface area contributed by atoms with Gasteiger partial charge < -0.3 is 5.32 Å². The van der Waals surface area contributed by atoms with Gasteiger partial charge in [0.2, 0.25) is 5.91 Å². The molecule has 1 rings (SSSR count). The molecule has 0 aromatic heterocycles. The average molecular weight is 376 g/mol. The molecule has 0 unspecified atom stereocenters. The highest BCUT2D eigenvalue weighted by Crippen LogP contribution is 2.12. The SMILES string of the molecule is CCCS(=O)(=O)[C@@H](C)C(=O)N[C@@H](C)Cc1ccc(Br)cc1. The number of amides is 1. The van der Waals surface area contributed by atoms with Gasteiger partial charge in [0, 0.05) is 10.5 Å². The van der Waals surface area contributed by atoms with Crippen molar-refractivity contribution in [2.24, 2.45) is 0 Å². The maximum atomic E-state index is 12.0. The smallest absolute Gasteiger partial charge is 0.238 e. The van der Waals surface area contributed by atoms with Gasteiger partial charge in [-0.25, -0.2) is 8.42 Å². The maximum absolute atomic E-state index is 12.0. The highest BCUT2D eigenvalue weighted by Gasteiger charge is 2.27. The second-order valence-corrected chi connectivity index (χ2v) is 8.61. The molecule has 2 atom stereocenters. The molecule has 0 saturated heterocycles. The van der Waals surface area contributed by atoms with Crippen LogP contribution < -0.4 is 5.32 Å². The van der Waals surface area contributed by atoms with Crippen molar-refractivity contribution in [3.63, 3.8) is 0 Å². The summed E-state index contributed by atoms with van der Waals surface area (Å²) in [6.45, 7) is 5.12. The number of hydrogen-bond donors (Lipinski definition) is 1. The summed E-state index contributed by atoms with van der Waals surface area (Å²) in [6.07, 6.45) is 1.19. The van der Waals surface area contributed by atoms with Gasteiger partial charge in [-0.05, 0) is 44.4 Å². The van der Waals surface area contributed by atoms with Crippen LogP contribution in [0.15, 0.2) is 28.7 Å². The van der Waals surface area contributed by atoms with E-state index in [-0.39, 0.29) is 11.8 Å². The third kappa shape index (κ3) is 5.79. The molecule has 1 amide bonds. The Morgan fingerprint density at radius 2 is 1.81 bits per heavy atom. The summed E-state index contributed by atoms with van der Waals surface area (Å²) in [6, 6.07) is 7.72. The fourth-order valence-electron chi connectivity index (χ4n) is 2.01. The van der Waals surface area contributed by atoms with Gasteiger partial charge >= 0.3 is 0 Å². The molecule has 0 aliphatic rings. The van der Waals surface area contributed by atoms with Gasteiger partial charge in [-0.1, -0.05) is 35.0 Å². The van der Waals surface area contributed by atoms with E-state index in [1.165, 1.54) is 6.92 Å². The van der Waals surface area contributed by atoms with E-state index >= 15 is 0 Å². The van der Waals surface area contributed by atoms with Crippen molar-refractivity contribution < 1.29 is 13.2 Å². The lowest BCUT2D eigenvalue weighted by Gasteiger charge is -2.18. The Bertz CT molecular complexity index is 569. The van der Waals surface area contributed by atoms with E-state index in [0.29, 0.717) is 12.8 Å². The summed E-state index contributed by atoms with van der Waals surface area (Å²) in [5.41, 5.74) is 1.09. The minimum Gasteiger partial charge on any atom is -0.352 e. The Labute approximate surface area is 135 Å². The van der Waals surface area contributed by atoms with Gasteiger partial charge in [-0.2, -0.15) is 0 Å². The van der Waals surface area contributed by atoms with Crippen LogP contribution in [-0.4, -0.2) is 31.4 Å². The molecule has 1 aromatic carbocycles. The molecule has 0 radical (unpaired) electrons. The summed E-state index contributed by atoms with van der Waals surface area (Å²) < 4.78 is 24.8. The van der Waals surface area contributed by atoms with Crippen LogP contribution in [0.2, 0.25) is 0 Å². The van der Waals surface area contributed by atoms with Crippen LogP contribution in [0.4, 0.5) is 0 Å². The van der Waals surface area contributed by atoms with Crippen LogP contribution in [0.25, 0.3) is 0 Å². The number of nitrogens with one attached hydrogen (secondary N) is 1. The Hall–Kier alpha value is -0.880. The summed E-state index contributed by atoms with van der Waals surface area (Å²) in [5, 5.41) is 1.78. The highest BCUT2D eigenvalue weighted by molar-refractivity contribution is 9.10. The zero-order valence-corrected chi connectivity index (χ0v) is 15.0. The number of carbonyl (C=O) groups is 1. The largest absolute Gasteiger partial charge is 0.352 e. The molecule has 0 aliphatic carbocycles. The fraction of sp³-hybridized carbons (Fsp3) is 0.533. The molecule has 0 spiro atoms. The average Bonchev–Trinajstić information content (AvgIpc) is 2.40. The maximum Gasteiger partial charge on any atom is 0.238 e. The van der Waals surface area contributed by atoms with Crippen LogP contribution in [0.1, 0.15) is 32.8 Å². The Balaban J connectivity index is 2.59. The van der Waals surface area contributed by atoms with Crippen LogP contribution in [0.3, 0.4) is 0 Å². The zero-order valence-electron chi connectivity index (χ0n) is 12.6.